The first-order valence-electron chi connectivity index (χ1n) is 9.53. The molecule has 1 aromatic carbocycles. The van der Waals surface area contributed by atoms with Gasteiger partial charge in [0.25, 0.3) is 0 Å². The molecule has 5 nitrogen and oxygen atoms in total. The maximum absolute atomic E-state index is 12.1. The lowest BCUT2D eigenvalue weighted by molar-refractivity contribution is -0.121. The minimum Gasteiger partial charge on any atom is -0.356 e. The predicted molar refractivity (Wildman–Crippen MR) is 104 cm³/mol. The number of piperidine rings is 1. The van der Waals surface area contributed by atoms with E-state index in [0.717, 1.165) is 30.0 Å². The number of carbonyl (C=O) groups excluding carboxylic acids is 1. The van der Waals surface area contributed by atoms with Gasteiger partial charge in [0, 0.05) is 37.7 Å². The Labute approximate surface area is 155 Å². The number of likely N-dealkylation sites (tertiary alicyclic amines) is 1. The van der Waals surface area contributed by atoms with Crippen molar-refractivity contribution in [2.45, 2.75) is 32.1 Å². The maximum atomic E-state index is 12.1. The van der Waals surface area contributed by atoms with Gasteiger partial charge in [0.15, 0.2) is 0 Å². The Balaban J connectivity index is 1.41. The molecule has 2 aromatic rings. The molecule has 2 heterocycles. The lowest BCUT2D eigenvalue weighted by Crippen LogP contribution is -2.33. The summed E-state index contributed by atoms with van der Waals surface area (Å²) in [5, 5.41) is 3.01. The SMILES string of the molecule is CN1CCC[C@H](CCC(=O)NCCc2nccc(-c3ccccc3)n2)C1. The molecule has 1 amide bonds. The number of hydrogen-bond acceptors (Lipinski definition) is 4. The molecule has 1 atom stereocenters. The fourth-order valence-electron chi connectivity index (χ4n) is 3.54. The van der Waals surface area contributed by atoms with Gasteiger partial charge in [-0.2, -0.15) is 0 Å². The third-order valence-electron chi connectivity index (χ3n) is 4.95. The molecule has 0 spiro atoms. The number of benzene rings is 1. The van der Waals surface area contributed by atoms with Crippen LogP contribution in [0.15, 0.2) is 42.6 Å². The summed E-state index contributed by atoms with van der Waals surface area (Å²) >= 11 is 0. The molecule has 0 aliphatic carbocycles. The van der Waals surface area contributed by atoms with Crippen molar-refractivity contribution in [2.24, 2.45) is 5.92 Å². The van der Waals surface area contributed by atoms with Gasteiger partial charge < -0.3 is 10.2 Å². The maximum Gasteiger partial charge on any atom is 0.220 e. The van der Waals surface area contributed by atoms with E-state index in [1.807, 2.05) is 36.4 Å². The Bertz CT molecular complexity index is 704. The van der Waals surface area contributed by atoms with Gasteiger partial charge in [-0.05, 0) is 44.8 Å². The summed E-state index contributed by atoms with van der Waals surface area (Å²) in [5.41, 5.74) is 2.00. The fraction of sp³-hybridized carbons (Fsp3) is 0.476. The molecule has 1 saturated heterocycles. The topological polar surface area (TPSA) is 58.1 Å². The molecule has 0 bridgehead atoms. The highest BCUT2D eigenvalue weighted by Crippen LogP contribution is 2.19. The number of carbonyl (C=O) groups is 1. The summed E-state index contributed by atoms with van der Waals surface area (Å²) in [4.78, 5) is 23.4. The minimum atomic E-state index is 0.137. The second-order valence-corrected chi connectivity index (χ2v) is 7.13. The van der Waals surface area contributed by atoms with Gasteiger partial charge >= 0.3 is 0 Å². The molecule has 3 rings (SSSR count). The summed E-state index contributed by atoms with van der Waals surface area (Å²) < 4.78 is 0. The first-order chi connectivity index (χ1) is 12.7. The number of nitrogens with zero attached hydrogens (tertiary/aromatic N) is 3. The average Bonchev–Trinajstić information content (AvgIpc) is 2.67. The standard InChI is InChI=1S/C21H28N4O/c1-25-15-5-6-17(16-25)9-10-21(26)23-14-12-20-22-13-11-19(24-20)18-7-3-2-4-8-18/h2-4,7-8,11,13,17H,5-6,9-10,12,14-16H2,1H3,(H,23,26)/t17-/m1/s1. The zero-order chi connectivity index (χ0) is 18.2. The van der Waals surface area contributed by atoms with Crippen molar-refractivity contribution in [1.29, 1.82) is 0 Å². The van der Waals surface area contributed by atoms with E-state index < -0.39 is 0 Å². The van der Waals surface area contributed by atoms with E-state index in [4.69, 9.17) is 0 Å². The van der Waals surface area contributed by atoms with Gasteiger partial charge in [-0.25, -0.2) is 9.97 Å². The molecule has 0 unspecified atom stereocenters. The van der Waals surface area contributed by atoms with Gasteiger partial charge in [0.2, 0.25) is 5.91 Å². The second kappa shape index (κ2) is 9.43. The zero-order valence-electron chi connectivity index (χ0n) is 15.5. The Morgan fingerprint density at radius 1 is 1.27 bits per heavy atom. The summed E-state index contributed by atoms with van der Waals surface area (Å²) in [6.07, 6.45) is 6.53. The first-order valence-corrected chi connectivity index (χ1v) is 9.53. The van der Waals surface area contributed by atoms with Crippen LogP contribution in [-0.4, -0.2) is 47.5 Å². The minimum absolute atomic E-state index is 0.137. The van der Waals surface area contributed by atoms with Crippen molar-refractivity contribution in [3.05, 3.63) is 48.4 Å². The summed E-state index contributed by atoms with van der Waals surface area (Å²) in [5.74, 6) is 1.56. The quantitative estimate of drug-likeness (QED) is 0.832. The molecule has 1 aromatic heterocycles. The zero-order valence-corrected chi connectivity index (χ0v) is 15.5. The fourth-order valence-corrected chi connectivity index (χ4v) is 3.54. The van der Waals surface area contributed by atoms with E-state index in [1.54, 1.807) is 6.20 Å². The Kier molecular flexibility index (Phi) is 6.72. The summed E-state index contributed by atoms with van der Waals surface area (Å²) in [6.45, 7) is 2.89. The van der Waals surface area contributed by atoms with Gasteiger partial charge in [0.05, 0.1) is 5.69 Å². The lowest BCUT2D eigenvalue weighted by atomic mass is 9.93. The highest BCUT2D eigenvalue weighted by atomic mass is 16.1. The largest absolute Gasteiger partial charge is 0.356 e. The molecular formula is C21H28N4O. The molecule has 0 radical (unpaired) electrons. The molecule has 5 heteroatoms. The third-order valence-corrected chi connectivity index (χ3v) is 4.95. The van der Waals surface area contributed by atoms with E-state index in [0.29, 0.717) is 25.3 Å². The van der Waals surface area contributed by atoms with Crippen molar-refractivity contribution in [3.8, 4) is 11.3 Å². The molecule has 26 heavy (non-hydrogen) atoms. The second-order valence-electron chi connectivity index (χ2n) is 7.13. The molecule has 1 aliphatic heterocycles. The van der Waals surface area contributed by atoms with Crippen LogP contribution in [0.5, 0.6) is 0 Å². The van der Waals surface area contributed by atoms with E-state index in [2.05, 4.69) is 27.2 Å². The molecule has 0 saturated carbocycles. The van der Waals surface area contributed by atoms with Gasteiger partial charge in [-0.15, -0.1) is 0 Å². The highest BCUT2D eigenvalue weighted by molar-refractivity contribution is 5.75. The van der Waals surface area contributed by atoms with E-state index in [1.165, 1.54) is 19.4 Å². The van der Waals surface area contributed by atoms with Crippen LogP contribution in [0.1, 0.15) is 31.5 Å². The van der Waals surface area contributed by atoms with Crippen LogP contribution in [0.3, 0.4) is 0 Å². The van der Waals surface area contributed by atoms with Crippen LogP contribution in [0.25, 0.3) is 11.3 Å². The smallest absolute Gasteiger partial charge is 0.220 e. The van der Waals surface area contributed by atoms with E-state index >= 15 is 0 Å². The number of hydrogen-bond donors (Lipinski definition) is 1. The van der Waals surface area contributed by atoms with E-state index in [-0.39, 0.29) is 5.91 Å². The van der Waals surface area contributed by atoms with Crippen molar-refractivity contribution in [3.63, 3.8) is 0 Å². The number of rotatable bonds is 7. The highest BCUT2D eigenvalue weighted by Gasteiger charge is 2.17. The number of aromatic nitrogens is 2. The van der Waals surface area contributed by atoms with Crippen LogP contribution in [0.2, 0.25) is 0 Å². The van der Waals surface area contributed by atoms with Crippen LogP contribution < -0.4 is 5.32 Å². The Hall–Kier alpha value is -2.27. The molecule has 1 fully saturated rings. The number of amides is 1. The molecular weight excluding hydrogens is 324 g/mol. The average molecular weight is 352 g/mol. The van der Waals surface area contributed by atoms with Crippen molar-refractivity contribution in [1.82, 2.24) is 20.2 Å². The predicted octanol–water partition coefficient (Wildman–Crippen LogP) is 2.92. The normalized spacial score (nSPS) is 17.8. The lowest BCUT2D eigenvalue weighted by Gasteiger charge is -2.29. The summed E-state index contributed by atoms with van der Waals surface area (Å²) in [7, 11) is 2.16. The van der Waals surface area contributed by atoms with Crippen LogP contribution >= 0.6 is 0 Å². The van der Waals surface area contributed by atoms with Crippen molar-refractivity contribution < 1.29 is 4.79 Å². The Morgan fingerprint density at radius 3 is 2.92 bits per heavy atom. The van der Waals surface area contributed by atoms with Crippen molar-refractivity contribution in [2.75, 3.05) is 26.7 Å². The monoisotopic (exact) mass is 352 g/mol. The first kappa shape index (κ1) is 18.5. The number of nitrogens with one attached hydrogen (secondary N) is 1. The molecule has 1 aliphatic rings. The molecule has 138 valence electrons. The van der Waals surface area contributed by atoms with Crippen LogP contribution in [0.4, 0.5) is 0 Å². The van der Waals surface area contributed by atoms with Gasteiger partial charge in [-0.1, -0.05) is 30.3 Å². The van der Waals surface area contributed by atoms with Crippen LogP contribution in [0, 0.1) is 5.92 Å². The van der Waals surface area contributed by atoms with Gasteiger partial charge in [-0.3, -0.25) is 4.79 Å². The van der Waals surface area contributed by atoms with E-state index in [9.17, 15) is 4.79 Å². The summed E-state index contributed by atoms with van der Waals surface area (Å²) in [6, 6.07) is 12.0. The Morgan fingerprint density at radius 2 is 2.12 bits per heavy atom. The van der Waals surface area contributed by atoms with Gasteiger partial charge in [0.1, 0.15) is 5.82 Å². The molecule has 1 N–H and O–H groups in total. The van der Waals surface area contributed by atoms with Crippen LogP contribution in [-0.2, 0) is 11.2 Å². The van der Waals surface area contributed by atoms with Crippen molar-refractivity contribution >= 4 is 5.91 Å². The third kappa shape index (κ3) is 5.63.